The summed E-state index contributed by atoms with van der Waals surface area (Å²) in [4.78, 5) is 12.6. The predicted octanol–water partition coefficient (Wildman–Crippen LogP) is 4.65. The van der Waals surface area contributed by atoms with E-state index in [1.807, 2.05) is 18.3 Å². The van der Waals surface area contributed by atoms with Crippen molar-refractivity contribution in [3.63, 3.8) is 0 Å². The van der Waals surface area contributed by atoms with Crippen molar-refractivity contribution in [2.24, 2.45) is 5.41 Å². The summed E-state index contributed by atoms with van der Waals surface area (Å²) < 4.78 is 16.3. The van der Waals surface area contributed by atoms with Crippen LogP contribution in [0.2, 0.25) is 0 Å². The van der Waals surface area contributed by atoms with Gasteiger partial charge >= 0.3 is 0 Å². The molecule has 0 radical (unpaired) electrons. The SMILES string of the molecule is COc1cc(-c2cnc3[nH]cc(C(O)C4(C)CCCCC4)c3n2)cc(OC)c1OC. The van der Waals surface area contributed by atoms with Gasteiger partial charge in [-0.1, -0.05) is 26.2 Å². The molecule has 7 heteroatoms. The monoisotopic (exact) mass is 411 g/mol. The summed E-state index contributed by atoms with van der Waals surface area (Å²) >= 11 is 0. The van der Waals surface area contributed by atoms with Crippen LogP contribution in [0.15, 0.2) is 24.5 Å². The van der Waals surface area contributed by atoms with Gasteiger partial charge in [0.15, 0.2) is 17.1 Å². The molecule has 1 aromatic carbocycles. The van der Waals surface area contributed by atoms with Gasteiger partial charge in [-0.25, -0.2) is 9.97 Å². The highest BCUT2D eigenvalue weighted by molar-refractivity contribution is 5.79. The number of fused-ring (bicyclic) bond motifs is 1. The van der Waals surface area contributed by atoms with Crippen molar-refractivity contribution in [1.82, 2.24) is 15.0 Å². The highest BCUT2D eigenvalue weighted by atomic mass is 16.5. The second kappa shape index (κ2) is 8.14. The topological polar surface area (TPSA) is 89.5 Å². The van der Waals surface area contributed by atoms with Crippen LogP contribution in [0.3, 0.4) is 0 Å². The molecule has 0 aliphatic heterocycles. The molecule has 160 valence electrons. The third-order valence-corrected chi connectivity index (χ3v) is 6.32. The Bertz CT molecular complexity index is 1020. The number of aromatic amines is 1. The van der Waals surface area contributed by atoms with Crippen LogP contribution in [-0.4, -0.2) is 41.4 Å². The van der Waals surface area contributed by atoms with Crippen molar-refractivity contribution >= 4 is 11.2 Å². The predicted molar refractivity (Wildman–Crippen MR) is 115 cm³/mol. The van der Waals surface area contributed by atoms with Gasteiger partial charge in [0.2, 0.25) is 5.75 Å². The van der Waals surface area contributed by atoms with E-state index in [0.29, 0.717) is 34.1 Å². The Morgan fingerprint density at radius 2 is 1.70 bits per heavy atom. The van der Waals surface area contributed by atoms with E-state index in [4.69, 9.17) is 19.2 Å². The van der Waals surface area contributed by atoms with Gasteiger partial charge < -0.3 is 24.3 Å². The number of aliphatic hydroxyl groups excluding tert-OH is 1. The van der Waals surface area contributed by atoms with Gasteiger partial charge in [-0.3, -0.25) is 0 Å². The molecule has 2 N–H and O–H groups in total. The van der Waals surface area contributed by atoms with E-state index in [1.54, 1.807) is 27.5 Å². The van der Waals surface area contributed by atoms with E-state index >= 15 is 0 Å². The minimum atomic E-state index is -0.587. The van der Waals surface area contributed by atoms with E-state index in [-0.39, 0.29) is 5.41 Å². The van der Waals surface area contributed by atoms with Gasteiger partial charge in [-0.05, 0) is 30.4 Å². The maximum absolute atomic E-state index is 11.2. The highest BCUT2D eigenvalue weighted by Gasteiger charge is 2.37. The third-order valence-electron chi connectivity index (χ3n) is 6.32. The van der Waals surface area contributed by atoms with Crippen molar-refractivity contribution in [2.75, 3.05) is 21.3 Å². The van der Waals surface area contributed by atoms with Gasteiger partial charge in [-0.2, -0.15) is 0 Å². The fourth-order valence-electron chi connectivity index (χ4n) is 4.50. The molecule has 7 nitrogen and oxygen atoms in total. The number of hydrogen-bond donors (Lipinski definition) is 2. The van der Waals surface area contributed by atoms with Crippen molar-refractivity contribution in [3.05, 3.63) is 30.1 Å². The Kier molecular flexibility index (Phi) is 5.56. The lowest BCUT2D eigenvalue weighted by molar-refractivity contribution is 0.00908. The molecule has 1 unspecified atom stereocenters. The molecule has 4 rings (SSSR count). The van der Waals surface area contributed by atoms with Crippen molar-refractivity contribution in [2.45, 2.75) is 45.1 Å². The fourth-order valence-corrected chi connectivity index (χ4v) is 4.50. The van der Waals surface area contributed by atoms with Crippen LogP contribution in [-0.2, 0) is 0 Å². The Morgan fingerprint density at radius 1 is 1.03 bits per heavy atom. The lowest BCUT2D eigenvalue weighted by Crippen LogP contribution is -2.28. The van der Waals surface area contributed by atoms with Gasteiger partial charge in [-0.15, -0.1) is 0 Å². The number of aromatic nitrogens is 3. The summed E-state index contributed by atoms with van der Waals surface area (Å²) in [6.07, 6.45) is 8.53. The number of H-pyrrole nitrogens is 1. The van der Waals surface area contributed by atoms with E-state index in [1.165, 1.54) is 6.42 Å². The van der Waals surface area contributed by atoms with E-state index < -0.39 is 6.10 Å². The van der Waals surface area contributed by atoms with Gasteiger partial charge in [0.1, 0.15) is 5.52 Å². The number of rotatable bonds is 6. The molecule has 1 fully saturated rings. The average Bonchev–Trinajstić information content (AvgIpc) is 3.21. The van der Waals surface area contributed by atoms with Gasteiger partial charge in [0.25, 0.3) is 0 Å². The molecular formula is C23H29N3O4. The lowest BCUT2D eigenvalue weighted by atomic mass is 9.70. The number of aliphatic hydroxyl groups is 1. The molecular weight excluding hydrogens is 382 g/mol. The first-order valence-corrected chi connectivity index (χ1v) is 10.3. The molecule has 0 saturated heterocycles. The van der Waals surface area contributed by atoms with E-state index in [0.717, 1.165) is 36.8 Å². The largest absolute Gasteiger partial charge is 0.493 e. The van der Waals surface area contributed by atoms with Crippen LogP contribution in [0, 0.1) is 5.41 Å². The molecule has 1 saturated carbocycles. The Labute approximate surface area is 176 Å². The summed E-state index contributed by atoms with van der Waals surface area (Å²) in [5.74, 6) is 1.64. The van der Waals surface area contributed by atoms with E-state index in [9.17, 15) is 5.11 Å². The summed E-state index contributed by atoms with van der Waals surface area (Å²) in [7, 11) is 4.74. The van der Waals surface area contributed by atoms with Crippen LogP contribution >= 0.6 is 0 Å². The molecule has 2 aromatic heterocycles. The summed E-state index contributed by atoms with van der Waals surface area (Å²) in [6, 6.07) is 3.70. The zero-order valence-corrected chi connectivity index (χ0v) is 18.0. The first-order valence-electron chi connectivity index (χ1n) is 10.3. The Hall–Kier alpha value is -2.80. The molecule has 1 aliphatic rings. The second-order valence-corrected chi connectivity index (χ2v) is 8.23. The Morgan fingerprint density at radius 3 is 2.30 bits per heavy atom. The van der Waals surface area contributed by atoms with E-state index in [2.05, 4.69) is 16.9 Å². The zero-order valence-electron chi connectivity index (χ0n) is 18.0. The van der Waals surface area contributed by atoms with Gasteiger partial charge in [0, 0.05) is 17.3 Å². The molecule has 1 atom stereocenters. The molecule has 0 spiro atoms. The van der Waals surface area contributed by atoms with Crippen LogP contribution in [0.4, 0.5) is 0 Å². The Balaban J connectivity index is 1.78. The zero-order chi connectivity index (χ0) is 21.3. The molecule has 30 heavy (non-hydrogen) atoms. The fraction of sp³-hybridized carbons (Fsp3) is 0.478. The minimum absolute atomic E-state index is 0.141. The van der Waals surface area contributed by atoms with Crippen molar-refractivity contribution in [3.8, 4) is 28.5 Å². The third kappa shape index (κ3) is 3.47. The molecule has 3 aromatic rings. The van der Waals surface area contributed by atoms with Crippen LogP contribution in [0.1, 0.15) is 50.7 Å². The first kappa shape index (κ1) is 20.5. The first-order chi connectivity index (χ1) is 14.5. The lowest BCUT2D eigenvalue weighted by Gasteiger charge is -2.37. The molecule has 1 aliphatic carbocycles. The standard InChI is InChI=1S/C23H29N3O4/c1-23(8-6-5-7-9-23)21(27)15-12-24-22-19(15)26-16(13-25-22)14-10-17(28-2)20(30-4)18(11-14)29-3/h10-13,21,27H,5-9H2,1-4H3,(H,24,25). The second-order valence-electron chi connectivity index (χ2n) is 8.23. The minimum Gasteiger partial charge on any atom is -0.493 e. The number of ether oxygens (including phenoxy) is 3. The van der Waals surface area contributed by atoms with Crippen LogP contribution < -0.4 is 14.2 Å². The number of hydrogen-bond acceptors (Lipinski definition) is 6. The smallest absolute Gasteiger partial charge is 0.203 e. The molecule has 0 amide bonds. The summed E-state index contributed by atoms with van der Waals surface area (Å²) in [5.41, 5.74) is 3.49. The summed E-state index contributed by atoms with van der Waals surface area (Å²) in [5, 5.41) is 11.2. The van der Waals surface area contributed by atoms with Crippen molar-refractivity contribution in [1.29, 1.82) is 0 Å². The van der Waals surface area contributed by atoms with Crippen LogP contribution in [0.5, 0.6) is 17.2 Å². The number of nitrogens with one attached hydrogen (secondary N) is 1. The van der Waals surface area contributed by atoms with Gasteiger partial charge in [0.05, 0.1) is 39.3 Å². The normalized spacial score (nSPS) is 17.0. The number of nitrogens with zero attached hydrogens (tertiary/aromatic N) is 2. The maximum atomic E-state index is 11.2. The summed E-state index contributed by atoms with van der Waals surface area (Å²) in [6.45, 7) is 2.17. The highest BCUT2D eigenvalue weighted by Crippen LogP contribution is 2.47. The molecule has 2 heterocycles. The number of methoxy groups -OCH3 is 3. The average molecular weight is 412 g/mol. The van der Waals surface area contributed by atoms with Crippen molar-refractivity contribution < 1.29 is 19.3 Å². The quantitative estimate of drug-likeness (QED) is 0.613. The number of benzene rings is 1. The maximum Gasteiger partial charge on any atom is 0.203 e. The molecule has 0 bridgehead atoms. The van der Waals surface area contributed by atoms with Crippen LogP contribution in [0.25, 0.3) is 22.4 Å².